The van der Waals surface area contributed by atoms with E-state index < -0.39 is 24.3 Å². The number of ether oxygens (including phenoxy) is 2. The summed E-state index contributed by atoms with van der Waals surface area (Å²) in [5.41, 5.74) is 4.94. The number of hydrogen-bond donors (Lipinski definition) is 1. The van der Waals surface area contributed by atoms with Crippen LogP contribution in [0.2, 0.25) is 0 Å². The van der Waals surface area contributed by atoms with Gasteiger partial charge in [-0.05, 0) is 12.8 Å². The molecular formula is C10H18F3NO3. The van der Waals surface area contributed by atoms with E-state index in [9.17, 15) is 18.0 Å². The van der Waals surface area contributed by atoms with E-state index in [-0.39, 0.29) is 19.1 Å². The molecule has 0 rings (SSSR count). The molecule has 0 heterocycles. The number of nitrogens with two attached hydrogens (primary N) is 1. The highest BCUT2D eigenvalue weighted by Crippen LogP contribution is 2.23. The van der Waals surface area contributed by atoms with Crippen molar-refractivity contribution in [3.8, 4) is 0 Å². The van der Waals surface area contributed by atoms with Crippen molar-refractivity contribution >= 4 is 5.97 Å². The number of alkyl halides is 3. The largest absolute Gasteiger partial charge is 0.463 e. The van der Waals surface area contributed by atoms with Gasteiger partial charge in [-0.25, -0.2) is 4.79 Å². The second kappa shape index (κ2) is 6.80. The van der Waals surface area contributed by atoms with Crippen LogP contribution in [0.3, 0.4) is 0 Å². The maximum absolute atomic E-state index is 12.4. The first-order valence-corrected chi connectivity index (χ1v) is 5.30. The molecule has 0 aromatic carbocycles. The third kappa shape index (κ3) is 5.88. The van der Waals surface area contributed by atoms with Crippen molar-refractivity contribution < 1.29 is 27.4 Å². The molecule has 0 aliphatic rings. The highest BCUT2D eigenvalue weighted by molar-refractivity contribution is 5.75. The molecule has 0 saturated carbocycles. The van der Waals surface area contributed by atoms with Crippen molar-refractivity contribution in [2.24, 2.45) is 11.7 Å². The topological polar surface area (TPSA) is 61.5 Å². The summed E-state index contributed by atoms with van der Waals surface area (Å²) in [6, 6.07) is -2.37. The Morgan fingerprint density at radius 2 is 1.88 bits per heavy atom. The SMILES string of the molecule is CCO[C@H](C(=O)OCC(C)C)[C@H](N)C(F)(F)F. The number of halogens is 3. The summed E-state index contributed by atoms with van der Waals surface area (Å²) >= 11 is 0. The lowest BCUT2D eigenvalue weighted by Crippen LogP contribution is -2.52. The van der Waals surface area contributed by atoms with Crippen LogP contribution in [0, 0.1) is 5.92 Å². The Balaban J connectivity index is 4.56. The Bertz CT molecular complexity index is 243. The number of hydrogen-bond acceptors (Lipinski definition) is 4. The van der Waals surface area contributed by atoms with Crippen LogP contribution in [0.1, 0.15) is 20.8 Å². The van der Waals surface area contributed by atoms with E-state index >= 15 is 0 Å². The normalized spacial score (nSPS) is 15.8. The summed E-state index contributed by atoms with van der Waals surface area (Å²) in [5, 5.41) is 0. The molecule has 102 valence electrons. The van der Waals surface area contributed by atoms with Crippen molar-refractivity contribution in [2.75, 3.05) is 13.2 Å². The molecule has 0 radical (unpaired) electrons. The number of carbonyl (C=O) groups excluding carboxylic acids is 1. The van der Waals surface area contributed by atoms with Gasteiger partial charge in [0.1, 0.15) is 6.04 Å². The van der Waals surface area contributed by atoms with E-state index in [4.69, 9.17) is 15.2 Å². The van der Waals surface area contributed by atoms with Crippen LogP contribution in [-0.4, -0.2) is 37.5 Å². The second-order valence-corrected chi connectivity index (χ2v) is 3.97. The van der Waals surface area contributed by atoms with Gasteiger partial charge in [-0.15, -0.1) is 0 Å². The number of rotatable bonds is 6. The molecule has 2 N–H and O–H groups in total. The molecule has 0 aliphatic heterocycles. The summed E-state index contributed by atoms with van der Waals surface area (Å²) < 4.78 is 46.5. The molecule has 0 spiro atoms. The molecule has 0 aliphatic carbocycles. The zero-order valence-electron chi connectivity index (χ0n) is 10.1. The van der Waals surface area contributed by atoms with E-state index in [1.165, 1.54) is 6.92 Å². The van der Waals surface area contributed by atoms with E-state index in [0.717, 1.165) is 0 Å². The van der Waals surface area contributed by atoms with Crippen molar-refractivity contribution in [1.82, 2.24) is 0 Å². The van der Waals surface area contributed by atoms with Crippen molar-refractivity contribution in [3.63, 3.8) is 0 Å². The van der Waals surface area contributed by atoms with Gasteiger partial charge in [0.15, 0.2) is 6.10 Å². The summed E-state index contributed by atoms with van der Waals surface area (Å²) in [5.74, 6) is -1.05. The molecule has 0 bridgehead atoms. The van der Waals surface area contributed by atoms with Crippen molar-refractivity contribution in [1.29, 1.82) is 0 Å². The number of carbonyl (C=O) groups is 1. The smallest absolute Gasteiger partial charge is 0.406 e. The van der Waals surface area contributed by atoms with Crippen LogP contribution in [-0.2, 0) is 14.3 Å². The molecule has 0 aromatic heterocycles. The summed E-state index contributed by atoms with van der Waals surface area (Å²) in [6.45, 7) is 5.00. The predicted octanol–water partition coefficient (Wildman–Crippen LogP) is 1.48. The molecule has 0 unspecified atom stereocenters. The van der Waals surface area contributed by atoms with Gasteiger partial charge in [-0.1, -0.05) is 13.8 Å². The zero-order chi connectivity index (χ0) is 13.6. The number of esters is 1. The van der Waals surface area contributed by atoms with Gasteiger partial charge in [-0.2, -0.15) is 13.2 Å². The van der Waals surface area contributed by atoms with Gasteiger partial charge in [0, 0.05) is 6.61 Å². The third-order valence-corrected chi connectivity index (χ3v) is 1.84. The molecular weight excluding hydrogens is 239 g/mol. The lowest BCUT2D eigenvalue weighted by molar-refractivity contribution is -0.192. The molecule has 0 fully saturated rings. The lowest BCUT2D eigenvalue weighted by atomic mass is 10.1. The first-order chi connectivity index (χ1) is 7.70. The van der Waals surface area contributed by atoms with E-state index in [0.29, 0.717) is 0 Å². The van der Waals surface area contributed by atoms with Gasteiger partial charge in [0.2, 0.25) is 0 Å². The zero-order valence-corrected chi connectivity index (χ0v) is 10.1. The molecule has 2 atom stereocenters. The molecule has 7 heteroatoms. The van der Waals surface area contributed by atoms with Crippen LogP contribution >= 0.6 is 0 Å². The molecule has 0 amide bonds. The van der Waals surface area contributed by atoms with E-state index in [1.54, 1.807) is 13.8 Å². The minimum absolute atomic E-state index is 0.0309. The van der Waals surface area contributed by atoms with Crippen LogP contribution in [0.4, 0.5) is 13.2 Å². The van der Waals surface area contributed by atoms with Crippen LogP contribution in [0.25, 0.3) is 0 Å². The first kappa shape index (κ1) is 16.2. The maximum atomic E-state index is 12.4. The Hall–Kier alpha value is -0.820. The molecule has 4 nitrogen and oxygen atoms in total. The van der Waals surface area contributed by atoms with E-state index in [2.05, 4.69) is 0 Å². The van der Waals surface area contributed by atoms with Gasteiger partial charge < -0.3 is 15.2 Å². The minimum atomic E-state index is -4.70. The van der Waals surface area contributed by atoms with Crippen molar-refractivity contribution in [3.05, 3.63) is 0 Å². The monoisotopic (exact) mass is 257 g/mol. The van der Waals surface area contributed by atoms with Gasteiger partial charge in [0.05, 0.1) is 6.61 Å². The minimum Gasteiger partial charge on any atom is -0.463 e. The van der Waals surface area contributed by atoms with Crippen LogP contribution in [0.5, 0.6) is 0 Å². The summed E-state index contributed by atoms with van der Waals surface area (Å²) in [4.78, 5) is 11.4. The Kier molecular flexibility index (Phi) is 6.48. The third-order valence-electron chi connectivity index (χ3n) is 1.84. The maximum Gasteiger partial charge on any atom is 0.406 e. The second-order valence-electron chi connectivity index (χ2n) is 3.97. The Labute approximate surface area is 98.2 Å². The van der Waals surface area contributed by atoms with Crippen LogP contribution < -0.4 is 5.73 Å². The molecule has 0 saturated heterocycles. The standard InChI is InChI=1S/C10H18F3NO3/c1-4-16-7(8(14)10(11,12)13)9(15)17-5-6(2)3/h6-8H,4-5,14H2,1-3H3/t7-,8-/m0/s1. The fraction of sp³-hybridized carbons (Fsp3) is 0.900. The quantitative estimate of drug-likeness (QED) is 0.732. The average molecular weight is 257 g/mol. The molecule has 0 aromatic rings. The highest BCUT2D eigenvalue weighted by atomic mass is 19.4. The highest BCUT2D eigenvalue weighted by Gasteiger charge is 2.46. The average Bonchev–Trinajstić information content (AvgIpc) is 2.20. The fourth-order valence-electron chi connectivity index (χ4n) is 1.00. The Morgan fingerprint density at radius 3 is 2.24 bits per heavy atom. The first-order valence-electron chi connectivity index (χ1n) is 5.30. The van der Waals surface area contributed by atoms with Gasteiger partial charge >= 0.3 is 12.1 Å². The van der Waals surface area contributed by atoms with E-state index in [1.807, 2.05) is 0 Å². The lowest BCUT2D eigenvalue weighted by Gasteiger charge is -2.24. The molecule has 17 heavy (non-hydrogen) atoms. The van der Waals surface area contributed by atoms with Crippen LogP contribution in [0.15, 0.2) is 0 Å². The van der Waals surface area contributed by atoms with Gasteiger partial charge in [-0.3, -0.25) is 0 Å². The summed E-state index contributed by atoms with van der Waals surface area (Å²) in [6.07, 6.45) is -6.50. The van der Waals surface area contributed by atoms with Gasteiger partial charge in [0.25, 0.3) is 0 Å². The Morgan fingerprint density at radius 1 is 1.35 bits per heavy atom. The predicted molar refractivity (Wildman–Crippen MR) is 55.2 cm³/mol. The van der Waals surface area contributed by atoms with Crippen molar-refractivity contribution in [2.45, 2.75) is 39.1 Å². The summed E-state index contributed by atoms with van der Waals surface area (Å²) in [7, 11) is 0. The fourth-order valence-corrected chi connectivity index (χ4v) is 1.00.